The van der Waals surface area contributed by atoms with Gasteiger partial charge in [-0.15, -0.1) is 0 Å². The molecule has 0 aliphatic carbocycles. The number of carbonyl (C=O) groups excluding carboxylic acids is 1. The second kappa shape index (κ2) is 11.6. The van der Waals surface area contributed by atoms with E-state index in [1.54, 1.807) is 0 Å². The van der Waals surface area contributed by atoms with E-state index in [2.05, 4.69) is 34.1 Å². The molecule has 0 N–H and O–H groups in total. The summed E-state index contributed by atoms with van der Waals surface area (Å²) >= 11 is 0. The lowest BCUT2D eigenvalue weighted by molar-refractivity contribution is 0.0321. The molecule has 5 rings (SSSR count). The highest BCUT2D eigenvalue weighted by molar-refractivity contribution is 5.97. The molecule has 0 saturated carbocycles. The zero-order chi connectivity index (χ0) is 23.9. The highest BCUT2D eigenvalue weighted by Crippen LogP contribution is 2.27. The highest BCUT2D eigenvalue weighted by atomic mass is 16.5. The summed E-state index contributed by atoms with van der Waals surface area (Å²) in [5.74, 6) is 1.34. The normalized spacial score (nSPS) is 19.4. The average Bonchev–Trinajstić information content (AvgIpc) is 3.15. The maximum Gasteiger partial charge on any atom is 0.257 e. The number of pyridine rings is 1. The summed E-state index contributed by atoms with van der Waals surface area (Å²) in [6.45, 7) is 6.45. The number of aromatic nitrogens is 1. The summed E-state index contributed by atoms with van der Waals surface area (Å²) in [4.78, 5) is 22.4. The first-order chi connectivity index (χ1) is 17.3. The molecule has 0 radical (unpaired) electrons. The third-order valence-electron chi connectivity index (χ3n) is 7.27. The zero-order valence-electron chi connectivity index (χ0n) is 20.4. The van der Waals surface area contributed by atoms with Crippen LogP contribution in [0.4, 0.5) is 0 Å². The third-order valence-corrected chi connectivity index (χ3v) is 7.27. The molecule has 1 atom stereocenters. The van der Waals surface area contributed by atoms with Crippen molar-refractivity contribution < 1.29 is 14.3 Å². The summed E-state index contributed by atoms with van der Waals surface area (Å²) in [6, 6.07) is 18.3. The number of ether oxygens (including phenoxy) is 2. The molecule has 2 aliphatic heterocycles. The molecule has 2 aromatic carbocycles. The van der Waals surface area contributed by atoms with Crippen molar-refractivity contribution in [2.24, 2.45) is 5.92 Å². The molecule has 3 heterocycles. The van der Waals surface area contributed by atoms with Crippen molar-refractivity contribution in [2.45, 2.75) is 25.7 Å². The Balaban J connectivity index is 1.19. The molecular weight excluding hydrogens is 438 g/mol. The minimum absolute atomic E-state index is 0.0852. The van der Waals surface area contributed by atoms with Crippen molar-refractivity contribution in [3.63, 3.8) is 0 Å². The van der Waals surface area contributed by atoms with E-state index in [0.29, 0.717) is 23.8 Å². The molecular formula is C29H35N3O3. The summed E-state index contributed by atoms with van der Waals surface area (Å²) in [5.41, 5.74) is 3.09. The fourth-order valence-corrected chi connectivity index (χ4v) is 5.28. The Morgan fingerprint density at radius 2 is 1.86 bits per heavy atom. The van der Waals surface area contributed by atoms with E-state index in [1.807, 2.05) is 41.4 Å². The van der Waals surface area contributed by atoms with E-state index in [4.69, 9.17) is 9.47 Å². The van der Waals surface area contributed by atoms with Crippen molar-refractivity contribution in [1.29, 1.82) is 0 Å². The van der Waals surface area contributed by atoms with Gasteiger partial charge in [0, 0.05) is 44.3 Å². The number of likely N-dealkylation sites (tertiary alicyclic amines) is 1. The van der Waals surface area contributed by atoms with Gasteiger partial charge < -0.3 is 14.4 Å². The van der Waals surface area contributed by atoms with Gasteiger partial charge >= 0.3 is 0 Å². The van der Waals surface area contributed by atoms with Crippen molar-refractivity contribution in [3.05, 3.63) is 71.9 Å². The molecule has 2 aliphatic rings. The van der Waals surface area contributed by atoms with Gasteiger partial charge in [-0.25, -0.2) is 0 Å². The van der Waals surface area contributed by atoms with E-state index in [-0.39, 0.29) is 5.91 Å². The number of fused-ring (bicyclic) bond motifs is 1. The molecule has 2 saturated heterocycles. The Hall–Kier alpha value is -2.96. The highest BCUT2D eigenvalue weighted by Gasteiger charge is 2.24. The van der Waals surface area contributed by atoms with Gasteiger partial charge in [-0.1, -0.05) is 30.3 Å². The van der Waals surface area contributed by atoms with Crippen molar-refractivity contribution in [1.82, 2.24) is 14.8 Å². The SMILES string of the molecule is O=C(c1ccccc1OCCN1CCOCC1)N1CCC[C@@H](Cc2cccc3ncccc23)CC1. The van der Waals surface area contributed by atoms with Crippen LogP contribution in [0.3, 0.4) is 0 Å². The van der Waals surface area contributed by atoms with Crippen LogP contribution in [0.2, 0.25) is 0 Å². The lowest BCUT2D eigenvalue weighted by Crippen LogP contribution is -2.38. The minimum atomic E-state index is 0.0852. The van der Waals surface area contributed by atoms with Gasteiger partial charge in [0.05, 0.1) is 24.3 Å². The van der Waals surface area contributed by atoms with Crippen molar-refractivity contribution in [3.8, 4) is 5.75 Å². The number of para-hydroxylation sites is 1. The maximum absolute atomic E-state index is 13.5. The lowest BCUT2D eigenvalue weighted by atomic mass is 9.91. The fraction of sp³-hybridized carbons (Fsp3) is 0.448. The van der Waals surface area contributed by atoms with E-state index < -0.39 is 0 Å². The van der Waals surface area contributed by atoms with Crippen LogP contribution in [0.15, 0.2) is 60.8 Å². The molecule has 0 spiro atoms. The van der Waals surface area contributed by atoms with Crippen LogP contribution >= 0.6 is 0 Å². The van der Waals surface area contributed by atoms with E-state index in [0.717, 1.165) is 77.1 Å². The molecule has 184 valence electrons. The van der Waals surface area contributed by atoms with Crippen LogP contribution in [0, 0.1) is 5.92 Å². The maximum atomic E-state index is 13.5. The van der Waals surface area contributed by atoms with Gasteiger partial charge in [-0.05, 0) is 61.4 Å². The largest absolute Gasteiger partial charge is 0.491 e. The summed E-state index contributed by atoms with van der Waals surface area (Å²) in [7, 11) is 0. The molecule has 3 aromatic rings. The first-order valence-electron chi connectivity index (χ1n) is 12.9. The Kier molecular flexibility index (Phi) is 7.91. The zero-order valence-corrected chi connectivity index (χ0v) is 20.4. The fourth-order valence-electron chi connectivity index (χ4n) is 5.28. The topological polar surface area (TPSA) is 54.9 Å². The second-order valence-electron chi connectivity index (χ2n) is 9.58. The Morgan fingerprint density at radius 3 is 2.77 bits per heavy atom. The molecule has 1 amide bonds. The van der Waals surface area contributed by atoms with Crippen molar-refractivity contribution in [2.75, 3.05) is 52.5 Å². The van der Waals surface area contributed by atoms with Gasteiger partial charge in [0.1, 0.15) is 12.4 Å². The van der Waals surface area contributed by atoms with Crippen LogP contribution in [0.1, 0.15) is 35.2 Å². The molecule has 1 aromatic heterocycles. The smallest absolute Gasteiger partial charge is 0.257 e. The Labute approximate surface area is 207 Å². The second-order valence-corrected chi connectivity index (χ2v) is 9.58. The number of morpholine rings is 1. The van der Waals surface area contributed by atoms with E-state index in [9.17, 15) is 4.79 Å². The summed E-state index contributed by atoms with van der Waals surface area (Å²) < 4.78 is 11.5. The average molecular weight is 474 g/mol. The van der Waals surface area contributed by atoms with Gasteiger partial charge in [-0.3, -0.25) is 14.7 Å². The number of hydrogen-bond donors (Lipinski definition) is 0. The number of hydrogen-bond acceptors (Lipinski definition) is 5. The lowest BCUT2D eigenvalue weighted by Gasteiger charge is -2.26. The molecule has 35 heavy (non-hydrogen) atoms. The van der Waals surface area contributed by atoms with Gasteiger partial charge in [0.25, 0.3) is 5.91 Å². The van der Waals surface area contributed by atoms with Crippen LogP contribution in [0.25, 0.3) is 10.9 Å². The van der Waals surface area contributed by atoms with Crippen molar-refractivity contribution >= 4 is 16.8 Å². The summed E-state index contributed by atoms with van der Waals surface area (Å²) in [5, 5.41) is 1.25. The molecule has 0 bridgehead atoms. The quantitative estimate of drug-likeness (QED) is 0.508. The van der Waals surface area contributed by atoms with Crippen LogP contribution in [-0.2, 0) is 11.2 Å². The Morgan fingerprint density at radius 1 is 0.971 bits per heavy atom. The third kappa shape index (κ3) is 6.00. The molecule has 6 nitrogen and oxygen atoms in total. The Bertz CT molecular complexity index is 1120. The van der Waals surface area contributed by atoms with E-state index >= 15 is 0 Å². The van der Waals surface area contributed by atoms with Crippen LogP contribution in [-0.4, -0.2) is 73.2 Å². The first-order valence-corrected chi connectivity index (χ1v) is 12.9. The van der Waals surface area contributed by atoms with E-state index in [1.165, 1.54) is 10.9 Å². The predicted octanol–water partition coefficient (Wildman–Crippen LogP) is 4.43. The monoisotopic (exact) mass is 473 g/mol. The number of benzene rings is 2. The molecule has 6 heteroatoms. The number of amides is 1. The number of nitrogens with zero attached hydrogens (tertiary/aromatic N) is 3. The first kappa shape index (κ1) is 23.8. The van der Waals surface area contributed by atoms with Gasteiger partial charge in [0.2, 0.25) is 0 Å². The molecule has 2 fully saturated rings. The predicted molar refractivity (Wildman–Crippen MR) is 138 cm³/mol. The van der Waals surface area contributed by atoms with Gasteiger partial charge in [-0.2, -0.15) is 0 Å². The minimum Gasteiger partial charge on any atom is -0.491 e. The summed E-state index contributed by atoms with van der Waals surface area (Å²) in [6.07, 6.45) is 6.07. The van der Waals surface area contributed by atoms with Crippen LogP contribution in [0.5, 0.6) is 5.75 Å². The van der Waals surface area contributed by atoms with Crippen LogP contribution < -0.4 is 4.74 Å². The van der Waals surface area contributed by atoms with Gasteiger partial charge in [0.15, 0.2) is 0 Å². The molecule has 0 unspecified atom stereocenters. The number of rotatable bonds is 7. The number of carbonyl (C=O) groups is 1. The standard InChI is InChI=1S/C29H35N3O3/c33-29(26-8-1-2-11-28(26)35-21-18-31-16-19-34-20-17-31)32-14-5-6-23(12-15-32)22-24-7-3-10-27-25(24)9-4-13-30-27/h1-4,7-11,13,23H,5-6,12,14-22H2/t23-/m1/s1.